The van der Waals surface area contributed by atoms with Crippen molar-refractivity contribution in [2.24, 2.45) is 12.0 Å². The lowest BCUT2D eigenvalue weighted by atomic mass is 10.2. The minimum atomic E-state index is -1.06. The zero-order valence-electron chi connectivity index (χ0n) is 11.5. The van der Waals surface area contributed by atoms with E-state index >= 15 is 0 Å². The number of aliphatic imine (C=N–C) groups is 1. The van der Waals surface area contributed by atoms with E-state index in [0.717, 1.165) is 17.0 Å². The number of hydrogen-bond acceptors (Lipinski definition) is 2. The van der Waals surface area contributed by atoms with Crippen LogP contribution in [0.1, 0.15) is 27.3 Å². The molecule has 0 bridgehead atoms. The number of carboxylic acid groups (broad SMARTS) is 1. The molecule has 0 saturated heterocycles. The van der Waals surface area contributed by atoms with Crippen LogP contribution in [-0.2, 0) is 7.05 Å². The number of aromatic carboxylic acids is 1. The van der Waals surface area contributed by atoms with Gasteiger partial charge in [-0.05, 0) is 38.1 Å². The van der Waals surface area contributed by atoms with Crippen molar-refractivity contribution in [2.45, 2.75) is 13.8 Å². The van der Waals surface area contributed by atoms with Gasteiger partial charge in [-0.2, -0.15) is 0 Å². The predicted molar refractivity (Wildman–Crippen MR) is 80.6 cm³/mol. The van der Waals surface area contributed by atoms with Crippen LogP contribution in [0.3, 0.4) is 0 Å². The molecule has 0 aliphatic rings. The van der Waals surface area contributed by atoms with Crippen molar-refractivity contribution in [3.05, 3.63) is 51.8 Å². The van der Waals surface area contributed by atoms with Gasteiger partial charge in [0.15, 0.2) is 0 Å². The summed E-state index contributed by atoms with van der Waals surface area (Å²) >= 11 is 5.82. The summed E-state index contributed by atoms with van der Waals surface area (Å²) in [6.45, 7) is 4.04. The fraction of sp³-hybridized carbons (Fsp3) is 0.200. The van der Waals surface area contributed by atoms with E-state index < -0.39 is 5.97 Å². The van der Waals surface area contributed by atoms with Gasteiger partial charge in [-0.25, -0.2) is 4.79 Å². The van der Waals surface area contributed by atoms with E-state index in [2.05, 4.69) is 9.56 Å². The Labute approximate surface area is 122 Å². The highest BCUT2D eigenvalue weighted by molar-refractivity contribution is 6.33. The maximum atomic E-state index is 11.0. The number of hydrogen-bond donors (Lipinski definition) is 1. The third-order valence-electron chi connectivity index (χ3n) is 3.35. The second-order valence-electron chi connectivity index (χ2n) is 4.61. The monoisotopic (exact) mass is 290 g/mol. The van der Waals surface area contributed by atoms with Gasteiger partial charge in [0.25, 0.3) is 0 Å². The molecular formula is C15H15ClN2O2. The van der Waals surface area contributed by atoms with Crippen molar-refractivity contribution in [1.82, 2.24) is 4.57 Å². The number of benzene rings is 1. The lowest BCUT2D eigenvalue weighted by molar-refractivity contribution is 0.0697. The summed E-state index contributed by atoms with van der Waals surface area (Å²) in [7, 11) is 1.99. The molecule has 2 rings (SSSR count). The standard InChI is InChI=1S/C15H15ClN2O2/c1-9-6-11(10(2)18(9)3)8-17-12-4-5-14(16)13(7-12)15(19)20/h4-8H,1-3H3,(H,19,20). The topological polar surface area (TPSA) is 54.6 Å². The van der Waals surface area contributed by atoms with Gasteiger partial charge in [-0.15, -0.1) is 0 Å². The SMILES string of the molecule is Cc1cc(C=Nc2ccc(Cl)c(C(=O)O)c2)c(C)n1C. The highest BCUT2D eigenvalue weighted by atomic mass is 35.5. The van der Waals surface area contributed by atoms with E-state index in [-0.39, 0.29) is 10.6 Å². The molecule has 0 saturated carbocycles. The predicted octanol–water partition coefficient (Wildman–Crippen LogP) is 3.74. The normalized spacial score (nSPS) is 11.2. The summed E-state index contributed by atoms with van der Waals surface area (Å²) in [6.07, 6.45) is 1.73. The molecule has 0 radical (unpaired) electrons. The van der Waals surface area contributed by atoms with Crippen LogP contribution in [0, 0.1) is 13.8 Å². The summed E-state index contributed by atoms with van der Waals surface area (Å²) in [5, 5.41) is 9.23. The Balaban J connectivity index is 2.34. The van der Waals surface area contributed by atoms with Gasteiger partial charge in [0.05, 0.1) is 16.3 Å². The number of halogens is 1. The van der Waals surface area contributed by atoms with E-state index in [9.17, 15) is 4.79 Å². The van der Waals surface area contributed by atoms with Gasteiger partial charge in [0.2, 0.25) is 0 Å². The molecule has 0 fully saturated rings. The van der Waals surface area contributed by atoms with Gasteiger partial charge >= 0.3 is 5.97 Å². The molecule has 0 atom stereocenters. The first-order valence-electron chi connectivity index (χ1n) is 6.10. The first-order chi connectivity index (χ1) is 9.40. The Morgan fingerprint density at radius 2 is 2.05 bits per heavy atom. The Morgan fingerprint density at radius 3 is 2.60 bits per heavy atom. The van der Waals surface area contributed by atoms with Crippen LogP contribution in [0.4, 0.5) is 5.69 Å². The van der Waals surface area contributed by atoms with Crippen molar-refractivity contribution < 1.29 is 9.90 Å². The molecule has 2 aromatic rings. The van der Waals surface area contributed by atoms with E-state index in [1.165, 1.54) is 6.07 Å². The van der Waals surface area contributed by atoms with Crippen molar-refractivity contribution >= 4 is 29.5 Å². The average molecular weight is 291 g/mol. The van der Waals surface area contributed by atoms with E-state index in [1.807, 2.05) is 27.0 Å². The second kappa shape index (κ2) is 5.51. The number of carboxylic acids is 1. The van der Waals surface area contributed by atoms with Crippen LogP contribution in [0.2, 0.25) is 5.02 Å². The lowest BCUT2D eigenvalue weighted by Gasteiger charge is -2.00. The van der Waals surface area contributed by atoms with Crippen LogP contribution in [0.25, 0.3) is 0 Å². The first kappa shape index (κ1) is 14.3. The molecule has 0 unspecified atom stereocenters. The Bertz CT molecular complexity index is 702. The van der Waals surface area contributed by atoms with Gasteiger partial charge in [0.1, 0.15) is 0 Å². The summed E-state index contributed by atoms with van der Waals surface area (Å²) < 4.78 is 2.08. The minimum absolute atomic E-state index is 0.0577. The molecule has 1 aromatic carbocycles. The Hall–Kier alpha value is -2.07. The molecule has 5 heteroatoms. The molecule has 1 N–H and O–H groups in total. The highest BCUT2D eigenvalue weighted by Gasteiger charge is 2.09. The summed E-state index contributed by atoms with van der Waals surface area (Å²) in [6, 6.07) is 6.73. The average Bonchev–Trinajstić information content (AvgIpc) is 2.65. The van der Waals surface area contributed by atoms with Gasteiger partial charge < -0.3 is 9.67 Å². The summed E-state index contributed by atoms with van der Waals surface area (Å²) in [5.74, 6) is -1.06. The summed E-state index contributed by atoms with van der Waals surface area (Å²) in [4.78, 5) is 15.3. The highest BCUT2D eigenvalue weighted by Crippen LogP contribution is 2.23. The smallest absolute Gasteiger partial charge is 0.337 e. The molecule has 4 nitrogen and oxygen atoms in total. The largest absolute Gasteiger partial charge is 0.478 e. The molecule has 0 spiro atoms. The molecule has 1 aromatic heterocycles. The molecule has 0 amide bonds. The molecule has 104 valence electrons. The van der Waals surface area contributed by atoms with Crippen LogP contribution in [0.15, 0.2) is 29.3 Å². The van der Waals surface area contributed by atoms with Crippen molar-refractivity contribution in [3.63, 3.8) is 0 Å². The number of aromatic nitrogens is 1. The van der Waals surface area contributed by atoms with Gasteiger partial charge in [-0.3, -0.25) is 4.99 Å². The first-order valence-corrected chi connectivity index (χ1v) is 6.47. The van der Waals surface area contributed by atoms with Gasteiger partial charge in [0, 0.05) is 30.2 Å². The second-order valence-corrected chi connectivity index (χ2v) is 5.02. The summed E-state index contributed by atoms with van der Waals surface area (Å²) in [5.41, 5.74) is 3.89. The van der Waals surface area contributed by atoms with Crippen molar-refractivity contribution in [1.29, 1.82) is 0 Å². The molecular weight excluding hydrogens is 276 g/mol. The van der Waals surface area contributed by atoms with E-state index in [1.54, 1.807) is 18.3 Å². The number of carbonyl (C=O) groups is 1. The zero-order valence-corrected chi connectivity index (χ0v) is 12.3. The number of aryl methyl sites for hydroxylation is 1. The van der Waals surface area contributed by atoms with Crippen LogP contribution in [-0.4, -0.2) is 21.9 Å². The van der Waals surface area contributed by atoms with Crippen molar-refractivity contribution in [2.75, 3.05) is 0 Å². The fourth-order valence-corrected chi connectivity index (χ4v) is 2.12. The molecule has 0 aliphatic carbocycles. The van der Waals surface area contributed by atoms with Gasteiger partial charge in [-0.1, -0.05) is 11.6 Å². The number of rotatable bonds is 3. The van der Waals surface area contributed by atoms with E-state index in [4.69, 9.17) is 16.7 Å². The molecule has 20 heavy (non-hydrogen) atoms. The molecule has 0 aliphatic heterocycles. The Kier molecular flexibility index (Phi) is 3.95. The van der Waals surface area contributed by atoms with E-state index in [0.29, 0.717) is 5.69 Å². The quantitative estimate of drug-likeness (QED) is 0.875. The van der Waals surface area contributed by atoms with Crippen LogP contribution in [0.5, 0.6) is 0 Å². The zero-order chi connectivity index (χ0) is 14.9. The van der Waals surface area contributed by atoms with Crippen LogP contribution >= 0.6 is 11.6 Å². The fourth-order valence-electron chi connectivity index (χ4n) is 1.92. The Morgan fingerprint density at radius 1 is 1.35 bits per heavy atom. The third-order valence-corrected chi connectivity index (χ3v) is 3.68. The maximum absolute atomic E-state index is 11.0. The lowest BCUT2D eigenvalue weighted by Crippen LogP contribution is -1.96. The maximum Gasteiger partial charge on any atom is 0.337 e. The minimum Gasteiger partial charge on any atom is -0.478 e. The molecule has 1 heterocycles. The number of nitrogens with zero attached hydrogens (tertiary/aromatic N) is 2. The van der Waals surface area contributed by atoms with Crippen LogP contribution < -0.4 is 0 Å². The van der Waals surface area contributed by atoms with Crippen molar-refractivity contribution in [3.8, 4) is 0 Å². The third kappa shape index (κ3) is 2.75.